The Morgan fingerprint density at radius 1 is 1.13 bits per heavy atom. The molecule has 200 valence electrons. The smallest absolute Gasteiger partial charge is 0.419 e. The highest BCUT2D eigenvalue weighted by Crippen LogP contribution is 2.35. The van der Waals surface area contributed by atoms with Crippen LogP contribution in [0.1, 0.15) is 53.5 Å². The molecule has 0 radical (unpaired) electrons. The van der Waals surface area contributed by atoms with Crippen LogP contribution in [0.3, 0.4) is 0 Å². The lowest BCUT2D eigenvalue weighted by Gasteiger charge is -2.31. The third-order valence-electron chi connectivity index (χ3n) is 6.66. The van der Waals surface area contributed by atoms with E-state index < -0.39 is 29.7 Å². The number of hydrogen-bond acceptors (Lipinski definition) is 5. The third-order valence-corrected chi connectivity index (χ3v) is 6.66. The first-order valence-electron chi connectivity index (χ1n) is 12.2. The van der Waals surface area contributed by atoms with Gasteiger partial charge in [0, 0.05) is 37.3 Å². The van der Waals surface area contributed by atoms with Gasteiger partial charge in [-0.3, -0.25) is 4.79 Å². The fourth-order valence-electron chi connectivity index (χ4n) is 4.77. The molecule has 1 aliphatic heterocycles. The number of carboxylic acid groups (broad SMARTS) is 1. The Hall–Kier alpha value is -4.15. The zero-order chi connectivity index (χ0) is 27.3. The van der Waals surface area contributed by atoms with E-state index in [-0.39, 0.29) is 30.4 Å². The first-order chi connectivity index (χ1) is 18.1. The fourth-order valence-corrected chi connectivity index (χ4v) is 4.77. The Morgan fingerprint density at radius 3 is 2.47 bits per heavy atom. The second kappa shape index (κ2) is 11.5. The molecule has 4 N–H and O–H groups in total. The van der Waals surface area contributed by atoms with Gasteiger partial charge in [0.25, 0.3) is 0 Å². The largest absolute Gasteiger partial charge is 0.465 e. The molecule has 1 aromatic heterocycles. The number of nitrogens with zero attached hydrogens (tertiary/aromatic N) is 3. The summed E-state index contributed by atoms with van der Waals surface area (Å²) >= 11 is 0. The molecule has 2 aromatic carbocycles. The van der Waals surface area contributed by atoms with E-state index in [4.69, 9.17) is 5.73 Å². The lowest BCUT2D eigenvalue weighted by atomic mass is 9.89. The summed E-state index contributed by atoms with van der Waals surface area (Å²) < 4.78 is 41.4. The van der Waals surface area contributed by atoms with Gasteiger partial charge < -0.3 is 21.1 Å². The van der Waals surface area contributed by atoms with E-state index in [0.717, 1.165) is 24.6 Å². The van der Waals surface area contributed by atoms with Crippen molar-refractivity contribution in [2.75, 3.05) is 18.4 Å². The summed E-state index contributed by atoms with van der Waals surface area (Å²) in [4.78, 5) is 32.5. The number of primary amides is 1. The lowest BCUT2D eigenvalue weighted by molar-refractivity contribution is -0.138. The van der Waals surface area contributed by atoms with Crippen molar-refractivity contribution in [2.24, 2.45) is 5.73 Å². The molecule has 0 saturated carbocycles. The van der Waals surface area contributed by atoms with Gasteiger partial charge >= 0.3 is 12.3 Å². The molecule has 3 aromatic rings. The maximum absolute atomic E-state index is 13.8. The quantitative estimate of drug-likeness (QED) is 0.366. The van der Waals surface area contributed by atoms with E-state index in [1.807, 2.05) is 12.1 Å². The van der Waals surface area contributed by atoms with Crippen LogP contribution in [0.2, 0.25) is 0 Å². The summed E-state index contributed by atoms with van der Waals surface area (Å²) in [5.41, 5.74) is 6.42. The predicted octanol–water partition coefficient (Wildman–Crippen LogP) is 5.30. The minimum atomic E-state index is -4.67. The van der Waals surface area contributed by atoms with Crippen LogP contribution in [-0.4, -0.2) is 45.1 Å². The number of nitrogens with one attached hydrogen (secondary N) is 1. The molecular weight excluding hydrogens is 499 g/mol. The number of alkyl halides is 3. The van der Waals surface area contributed by atoms with Gasteiger partial charge in [0.15, 0.2) is 0 Å². The monoisotopic (exact) mass is 527 g/mol. The maximum atomic E-state index is 13.8. The number of aromatic nitrogens is 2. The van der Waals surface area contributed by atoms with Crippen LogP contribution >= 0.6 is 0 Å². The fraction of sp³-hybridized carbons (Fsp3) is 0.333. The molecule has 38 heavy (non-hydrogen) atoms. The van der Waals surface area contributed by atoms with E-state index >= 15 is 0 Å². The van der Waals surface area contributed by atoms with Crippen molar-refractivity contribution in [3.8, 4) is 0 Å². The predicted molar refractivity (Wildman–Crippen MR) is 135 cm³/mol. The van der Waals surface area contributed by atoms with Crippen LogP contribution in [0.15, 0.2) is 60.8 Å². The molecule has 0 spiro atoms. The first kappa shape index (κ1) is 26.9. The van der Waals surface area contributed by atoms with Crippen LogP contribution < -0.4 is 11.1 Å². The van der Waals surface area contributed by atoms with Crippen LogP contribution in [0.5, 0.6) is 0 Å². The highest BCUT2D eigenvalue weighted by molar-refractivity contribution is 5.74. The van der Waals surface area contributed by atoms with E-state index in [0.29, 0.717) is 24.3 Å². The molecular formula is C27H28F3N5O3. The van der Waals surface area contributed by atoms with Gasteiger partial charge in [-0.25, -0.2) is 14.8 Å². The Morgan fingerprint density at radius 2 is 1.84 bits per heavy atom. The number of hydrogen-bond donors (Lipinski definition) is 3. The Kier molecular flexibility index (Phi) is 8.13. The third kappa shape index (κ3) is 6.78. The van der Waals surface area contributed by atoms with E-state index in [1.165, 1.54) is 4.90 Å². The number of piperidine rings is 1. The van der Waals surface area contributed by atoms with E-state index in [1.54, 1.807) is 42.5 Å². The number of carbonyl (C=O) groups excluding carboxylic acids is 1. The Labute approximate surface area is 217 Å². The van der Waals surface area contributed by atoms with Gasteiger partial charge in [0.05, 0.1) is 11.3 Å². The van der Waals surface area contributed by atoms with Crippen molar-refractivity contribution >= 4 is 23.6 Å². The first-order valence-corrected chi connectivity index (χ1v) is 12.2. The number of nitrogens with two attached hydrogens (primary N) is 1. The van der Waals surface area contributed by atoms with Crippen LogP contribution in [0.4, 0.5) is 29.6 Å². The minimum Gasteiger partial charge on any atom is -0.465 e. The second-order valence-electron chi connectivity index (χ2n) is 9.35. The number of anilines is 2. The van der Waals surface area contributed by atoms with Crippen molar-refractivity contribution < 1.29 is 27.9 Å². The standard InChI is InChI=1S/C27H28F3N5O3/c28-27(29,30)22-15-32-25(34-23(22)13-20(14-24(31)36)17-5-2-1-3-6-17)33-21-10-8-18(9-11-21)19-7-4-12-35(16-19)26(37)38/h1-3,5-6,8-11,15,19-20H,4,7,12-14,16H2,(H2,31,36)(H,37,38)(H,32,33,34). The van der Waals surface area contributed by atoms with Crippen LogP contribution in [0.25, 0.3) is 0 Å². The molecule has 4 rings (SSSR count). The maximum Gasteiger partial charge on any atom is 0.419 e. The van der Waals surface area contributed by atoms with Crippen LogP contribution in [-0.2, 0) is 17.4 Å². The van der Waals surface area contributed by atoms with E-state index in [2.05, 4.69) is 15.3 Å². The highest BCUT2D eigenvalue weighted by Gasteiger charge is 2.36. The number of halogens is 3. The number of benzene rings is 2. The summed E-state index contributed by atoms with van der Waals surface area (Å²) in [5.74, 6) is -1.15. The summed E-state index contributed by atoms with van der Waals surface area (Å²) in [6.07, 6.45) is -3.50. The van der Waals surface area contributed by atoms with Crippen molar-refractivity contribution in [3.63, 3.8) is 0 Å². The van der Waals surface area contributed by atoms with Gasteiger partial charge in [0.1, 0.15) is 0 Å². The SMILES string of the molecule is NC(=O)CC(Cc1nc(Nc2ccc(C3CCCN(C(=O)O)C3)cc2)ncc1C(F)(F)F)c1ccccc1. The normalized spacial score (nSPS) is 16.6. The van der Waals surface area contributed by atoms with Crippen molar-refractivity contribution in [1.29, 1.82) is 0 Å². The molecule has 1 fully saturated rings. The summed E-state index contributed by atoms with van der Waals surface area (Å²) in [7, 11) is 0. The summed E-state index contributed by atoms with van der Waals surface area (Å²) in [6, 6.07) is 16.0. The number of rotatable bonds is 8. The number of likely N-dealkylation sites (tertiary alicyclic amines) is 1. The zero-order valence-electron chi connectivity index (χ0n) is 20.5. The molecule has 0 bridgehead atoms. The number of amides is 2. The lowest BCUT2D eigenvalue weighted by Crippen LogP contribution is -2.38. The molecule has 1 saturated heterocycles. The summed E-state index contributed by atoms with van der Waals surface area (Å²) in [5, 5.41) is 12.2. The zero-order valence-corrected chi connectivity index (χ0v) is 20.5. The Bertz CT molecular complexity index is 1270. The van der Waals surface area contributed by atoms with Gasteiger partial charge in [-0.1, -0.05) is 42.5 Å². The summed E-state index contributed by atoms with van der Waals surface area (Å²) in [6.45, 7) is 0.936. The average molecular weight is 528 g/mol. The van der Waals surface area contributed by atoms with Crippen molar-refractivity contribution in [3.05, 3.63) is 83.2 Å². The van der Waals surface area contributed by atoms with Crippen LogP contribution in [0, 0.1) is 0 Å². The second-order valence-corrected chi connectivity index (χ2v) is 9.35. The highest BCUT2D eigenvalue weighted by atomic mass is 19.4. The van der Waals surface area contributed by atoms with Gasteiger partial charge in [-0.2, -0.15) is 13.2 Å². The molecule has 0 aliphatic carbocycles. The molecule has 2 amide bonds. The van der Waals surface area contributed by atoms with E-state index in [9.17, 15) is 27.9 Å². The molecule has 2 unspecified atom stereocenters. The van der Waals surface area contributed by atoms with Gasteiger partial charge in [0.2, 0.25) is 11.9 Å². The molecule has 2 heterocycles. The molecule has 1 aliphatic rings. The Balaban J connectivity index is 1.55. The molecule has 8 nitrogen and oxygen atoms in total. The average Bonchev–Trinajstić information content (AvgIpc) is 2.88. The molecule has 11 heteroatoms. The van der Waals surface area contributed by atoms with Crippen molar-refractivity contribution in [1.82, 2.24) is 14.9 Å². The topological polar surface area (TPSA) is 121 Å². The van der Waals surface area contributed by atoms with Gasteiger partial charge in [-0.05, 0) is 48.4 Å². The van der Waals surface area contributed by atoms with Crippen molar-refractivity contribution in [2.45, 2.75) is 43.7 Å². The molecule has 2 atom stereocenters. The minimum absolute atomic E-state index is 0.0126. The van der Waals surface area contributed by atoms with Gasteiger partial charge in [-0.15, -0.1) is 0 Å². The number of carbonyl (C=O) groups is 2.